The fourth-order valence-corrected chi connectivity index (χ4v) is 11.3. The molecule has 0 amide bonds. The Morgan fingerprint density at radius 3 is 0.761 bits per heavy atom. The Bertz CT molecular complexity index is 1640. The summed E-state index contributed by atoms with van der Waals surface area (Å²) in [6, 6.07) is 0. The zero-order valence-electron chi connectivity index (χ0n) is 58.1. The van der Waals surface area contributed by atoms with Crippen LogP contribution in [0, 0.1) is 0 Å². The molecule has 0 fully saturated rings. The number of esters is 4. The highest BCUT2D eigenvalue weighted by atomic mass is 16.6. The van der Waals surface area contributed by atoms with Gasteiger partial charge in [-0.25, -0.2) is 0 Å². The molecule has 88 heavy (non-hydrogen) atoms. The highest BCUT2D eigenvalue weighted by molar-refractivity contribution is 5.72. The third kappa shape index (κ3) is 60.3. The smallest absolute Gasteiger partial charge is 0.306 e. The van der Waals surface area contributed by atoms with Gasteiger partial charge in [0.1, 0.15) is 12.7 Å². The molecule has 0 saturated heterocycles. The first-order valence-corrected chi connectivity index (χ1v) is 37.9. The molecule has 0 aliphatic heterocycles. The van der Waals surface area contributed by atoms with Crippen molar-refractivity contribution in [1.82, 2.24) is 0 Å². The fourth-order valence-electron chi connectivity index (χ4n) is 11.3. The van der Waals surface area contributed by atoms with Crippen molar-refractivity contribution < 1.29 is 48.3 Å². The summed E-state index contributed by atoms with van der Waals surface area (Å²) in [6.45, 7) is 7.73. The molecule has 514 valence electrons. The second-order valence-electron chi connectivity index (χ2n) is 25.7. The topological polar surface area (TPSA) is 146 Å². The molecule has 0 bridgehead atoms. The van der Waals surface area contributed by atoms with Gasteiger partial charge in [0.2, 0.25) is 0 Å². The van der Waals surface area contributed by atoms with Gasteiger partial charge in [-0.15, -0.1) is 0 Å². The van der Waals surface area contributed by atoms with Crippen LogP contribution in [0.25, 0.3) is 0 Å². The minimum absolute atomic E-state index is 0.0598. The van der Waals surface area contributed by atoms with Gasteiger partial charge in [-0.05, 0) is 128 Å². The van der Waals surface area contributed by atoms with E-state index in [4.69, 9.17) is 18.9 Å². The Kier molecular flexibility index (Phi) is 67.1. The molecule has 0 unspecified atom stereocenters. The Morgan fingerprint density at radius 2 is 0.500 bits per heavy atom. The number of carbonyl (C=O) groups is 4. The van der Waals surface area contributed by atoms with Gasteiger partial charge in [-0.3, -0.25) is 19.2 Å². The molecule has 0 spiro atoms. The van der Waals surface area contributed by atoms with E-state index in [2.05, 4.69) is 76.3 Å². The number of hydrogen-bond donors (Lipinski definition) is 2. The largest absolute Gasteiger partial charge is 0.462 e. The van der Waals surface area contributed by atoms with Crippen molar-refractivity contribution in [3.05, 3.63) is 48.6 Å². The average molecular weight is 1240 g/mol. The molecular weight excluding hydrogens is 1100 g/mol. The van der Waals surface area contributed by atoms with E-state index in [9.17, 15) is 29.4 Å². The molecule has 0 aromatic rings. The first-order chi connectivity index (χ1) is 43.2. The average Bonchev–Trinajstić information content (AvgIpc) is 3.65. The molecular formula is C78H142O10. The van der Waals surface area contributed by atoms with Crippen LogP contribution in [0.1, 0.15) is 387 Å². The Balaban J connectivity index is 5.91. The monoisotopic (exact) mass is 1240 g/mol. The number of allylic oxidation sites excluding steroid dienone is 8. The number of carbonyl (C=O) groups excluding carboxylic acids is 4. The van der Waals surface area contributed by atoms with E-state index in [1.165, 1.54) is 154 Å². The maximum Gasteiger partial charge on any atom is 0.306 e. The van der Waals surface area contributed by atoms with Crippen LogP contribution >= 0.6 is 0 Å². The summed E-state index contributed by atoms with van der Waals surface area (Å²) in [5.74, 6) is -2.27. The van der Waals surface area contributed by atoms with Crippen molar-refractivity contribution in [2.45, 2.75) is 412 Å². The summed E-state index contributed by atoms with van der Waals surface area (Å²) in [7, 11) is 0. The van der Waals surface area contributed by atoms with Crippen LogP contribution in [0.4, 0.5) is 0 Å². The molecule has 4 atom stereocenters. The quantitative estimate of drug-likeness (QED) is 0.0261. The van der Waals surface area contributed by atoms with Crippen LogP contribution in [-0.4, -0.2) is 71.7 Å². The van der Waals surface area contributed by atoms with E-state index in [1.807, 2.05) is 0 Å². The van der Waals surface area contributed by atoms with Crippen molar-refractivity contribution in [3.8, 4) is 0 Å². The van der Waals surface area contributed by atoms with Gasteiger partial charge in [0, 0.05) is 25.7 Å². The SMILES string of the molecule is CCCCCCCC/C=C\CCCCCCCC(=O)OC[C@H](OC(=O)CCCCCCC/C=C\CCCCCCCC)[C@@H](OC(=O)CCCCCCC/C=C\CCCCCCCC)[C@H](OC(=O)CCCCCCC/C=C\CCCCCCCC)[C@H](O)CO. The highest BCUT2D eigenvalue weighted by Crippen LogP contribution is 2.23. The van der Waals surface area contributed by atoms with E-state index >= 15 is 0 Å². The molecule has 2 N–H and O–H groups in total. The van der Waals surface area contributed by atoms with E-state index in [0.29, 0.717) is 25.7 Å². The van der Waals surface area contributed by atoms with Gasteiger partial charge in [0.25, 0.3) is 0 Å². The minimum Gasteiger partial charge on any atom is -0.462 e. The third-order valence-electron chi connectivity index (χ3n) is 17.1. The highest BCUT2D eigenvalue weighted by Gasteiger charge is 2.42. The van der Waals surface area contributed by atoms with Gasteiger partial charge in [-0.2, -0.15) is 0 Å². The molecule has 0 aromatic carbocycles. The van der Waals surface area contributed by atoms with Crippen LogP contribution < -0.4 is 0 Å². The molecule has 0 saturated carbocycles. The van der Waals surface area contributed by atoms with Crippen molar-refractivity contribution in [1.29, 1.82) is 0 Å². The van der Waals surface area contributed by atoms with Crippen molar-refractivity contribution in [3.63, 3.8) is 0 Å². The summed E-state index contributed by atoms with van der Waals surface area (Å²) >= 11 is 0. The van der Waals surface area contributed by atoms with Crippen LogP contribution in [0.3, 0.4) is 0 Å². The summed E-state index contributed by atoms with van der Waals surface area (Å²) in [4.78, 5) is 54.7. The lowest BCUT2D eigenvalue weighted by atomic mass is 10.0. The van der Waals surface area contributed by atoms with E-state index < -0.39 is 61.5 Å². The number of rotatable bonds is 69. The summed E-state index contributed by atoms with van der Waals surface area (Å²) in [5, 5.41) is 21.8. The molecule has 0 radical (unpaired) electrons. The van der Waals surface area contributed by atoms with Crippen LogP contribution in [0.2, 0.25) is 0 Å². The first kappa shape index (κ1) is 84.8. The van der Waals surface area contributed by atoms with E-state index in [0.717, 1.165) is 154 Å². The zero-order chi connectivity index (χ0) is 64.1. The van der Waals surface area contributed by atoms with Gasteiger partial charge in [0.15, 0.2) is 18.3 Å². The van der Waals surface area contributed by atoms with Crippen molar-refractivity contribution >= 4 is 23.9 Å². The Hall–Kier alpha value is -3.24. The first-order valence-electron chi connectivity index (χ1n) is 37.9. The van der Waals surface area contributed by atoms with Crippen molar-refractivity contribution in [2.24, 2.45) is 0 Å². The van der Waals surface area contributed by atoms with E-state index in [1.54, 1.807) is 0 Å². The number of ether oxygens (including phenoxy) is 4. The second-order valence-corrected chi connectivity index (χ2v) is 25.7. The minimum atomic E-state index is -1.67. The lowest BCUT2D eigenvalue weighted by Crippen LogP contribution is -2.53. The normalized spacial score (nSPS) is 13.3. The number of aliphatic hydroxyl groups is 2. The van der Waals surface area contributed by atoms with E-state index in [-0.39, 0.29) is 25.7 Å². The Labute approximate surface area is 543 Å². The maximum atomic E-state index is 13.9. The zero-order valence-corrected chi connectivity index (χ0v) is 58.1. The lowest BCUT2D eigenvalue weighted by Gasteiger charge is -2.34. The van der Waals surface area contributed by atoms with Crippen LogP contribution in [-0.2, 0) is 38.1 Å². The molecule has 10 heteroatoms. The van der Waals surface area contributed by atoms with Crippen LogP contribution in [0.5, 0.6) is 0 Å². The standard InChI is InChI=1S/C78H142O10/c1-5-9-13-17-21-25-29-33-37-41-45-49-53-57-61-65-73(81)85-70-72(86-74(82)66-62-58-54-50-46-42-38-34-30-26-22-18-14-10-6-2)78(88-76(84)68-64-60-56-52-48-44-40-36-32-28-24-20-16-12-8-4)77(71(80)69-79)87-75(83)67-63-59-55-51-47-43-39-35-31-27-23-19-15-11-7-3/h33-40,71-72,77-80H,5-32,41-70H2,1-4H3/b37-33-,38-34-,39-35-,40-36-/t71-,72+,77-,78-/m1/s1. The molecule has 0 aliphatic rings. The Morgan fingerprint density at radius 1 is 0.284 bits per heavy atom. The number of unbranched alkanes of at least 4 members (excludes halogenated alkanes) is 44. The van der Waals surface area contributed by atoms with Gasteiger partial charge in [-0.1, -0.05) is 282 Å². The predicted octanol–water partition coefficient (Wildman–Crippen LogP) is 22.8. The molecule has 10 nitrogen and oxygen atoms in total. The number of hydrogen-bond acceptors (Lipinski definition) is 10. The molecule has 0 rings (SSSR count). The van der Waals surface area contributed by atoms with Gasteiger partial charge >= 0.3 is 23.9 Å². The molecule has 0 aliphatic carbocycles. The second kappa shape index (κ2) is 69.6. The summed E-state index contributed by atoms with van der Waals surface area (Å²) in [6.07, 6.45) is 71.0. The number of aliphatic hydroxyl groups excluding tert-OH is 2. The predicted molar refractivity (Wildman–Crippen MR) is 371 cm³/mol. The molecule has 0 heterocycles. The summed E-state index contributed by atoms with van der Waals surface area (Å²) < 4.78 is 24.0. The summed E-state index contributed by atoms with van der Waals surface area (Å²) in [5.41, 5.74) is 0. The third-order valence-corrected chi connectivity index (χ3v) is 17.1. The van der Waals surface area contributed by atoms with Gasteiger partial charge < -0.3 is 29.2 Å². The maximum absolute atomic E-state index is 13.9. The van der Waals surface area contributed by atoms with Crippen molar-refractivity contribution in [2.75, 3.05) is 13.2 Å². The molecule has 0 aromatic heterocycles. The van der Waals surface area contributed by atoms with Gasteiger partial charge in [0.05, 0.1) is 6.61 Å². The van der Waals surface area contributed by atoms with Crippen LogP contribution in [0.15, 0.2) is 48.6 Å². The fraction of sp³-hybridized carbons (Fsp3) is 0.846. The lowest BCUT2D eigenvalue weighted by molar-refractivity contribution is -0.202.